The molecular weight excluding hydrogens is 526 g/mol. The van der Waals surface area contributed by atoms with Crippen molar-refractivity contribution in [2.45, 2.75) is 19.6 Å². The van der Waals surface area contributed by atoms with Crippen molar-refractivity contribution in [3.8, 4) is 11.1 Å². The van der Waals surface area contributed by atoms with Gasteiger partial charge in [-0.1, -0.05) is 12.1 Å². The molecule has 12 heteroatoms. The van der Waals surface area contributed by atoms with E-state index < -0.39 is 23.6 Å². The highest BCUT2D eigenvalue weighted by molar-refractivity contribution is 6.00. The fraction of sp³-hybridized carbons (Fsp3) is 0.321. The number of urea groups is 1. The lowest BCUT2D eigenvalue weighted by Gasteiger charge is -2.33. The third-order valence-corrected chi connectivity index (χ3v) is 7.13. The average molecular weight is 556 g/mol. The molecule has 0 radical (unpaired) electrons. The van der Waals surface area contributed by atoms with Crippen molar-refractivity contribution in [2.24, 2.45) is 7.05 Å². The molecule has 0 saturated carbocycles. The van der Waals surface area contributed by atoms with Crippen molar-refractivity contribution < 1.29 is 22.4 Å². The molecule has 210 valence electrons. The molecule has 1 saturated heterocycles. The summed E-state index contributed by atoms with van der Waals surface area (Å²) >= 11 is 0. The van der Waals surface area contributed by atoms with Gasteiger partial charge in [-0.15, -0.1) is 0 Å². The molecule has 0 atom stereocenters. The molecule has 1 aliphatic rings. The van der Waals surface area contributed by atoms with Crippen LogP contribution < -0.4 is 10.6 Å². The van der Waals surface area contributed by atoms with Crippen LogP contribution in [-0.4, -0.2) is 63.8 Å². The number of anilines is 2. The zero-order valence-electron chi connectivity index (χ0n) is 22.3. The minimum atomic E-state index is -4.59. The second-order valence-corrected chi connectivity index (χ2v) is 10.0. The van der Waals surface area contributed by atoms with Crippen LogP contribution in [0.25, 0.3) is 22.0 Å². The van der Waals surface area contributed by atoms with Gasteiger partial charge in [-0.05, 0) is 49.4 Å². The van der Waals surface area contributed by atoms with E-state index in [-0.39, 0.29) is 23.5 Å². The number of nitrogens with one attached hydrogen (secondary N) is 2. The number of alkyl halides is 3. The van der Waals surface area contributed by atoms with Crippen molar-refractivity contribution in [1.29, 1.82) is 0 Å². The first kappa shape index (κ1) is 27.5. The van der Waals surface area contributed by atoms with Gasteiger partial charge >= 0.3 is 12.2 Å². The SMILES string of the molecule is Cc1nn(C)c2cncc(-c3ccc(NC(=O)Nc4ccc(CN5CCN(C)CC5)c(C(F)(F)F)c4)c(F)c3)c12. The summed E-state index contributed by atoms with van der Waals surface area (Å²) in [4.78, 5) is 20.9. The summed E-state index contributed by atoms with van der Waals surface area (Å²) in [6.07, 6.45) is -1.29. The van der Waals surface area contributed by atoms with Gasteiger partial charge in [0, 0.05) is 62.6 Å². The number of likely N-dealkylation sites (N-methyl/N-ethyl adjacent to an activating group) is 1. The average Bonchev–Trinajstić information content (AvgIpc) is 3.20. The Labute approximate surface area is 228 Å². The molecule has 4 aromatic rings. The summed E-state index contributed by atoms with van der Waals surface area (Å²) in [6, 6.07) is 7.15. The Morgan fingerprint density at radius 3 is 2.45 bits per heavy atom. The third-order valence-electron chi connectivity index (χ3n) is 7.13. The summed E-state index contributed by atoms with van der Waals surface area (Å²) in [6.45, 7) is 4.94. The summed E-state index contributed by atoms with van der Waals surface area (Å²) in [7, 11) is 3.77. The number of aromatic nitrogens is 3. The quantitative estimate of drug-likeness (QED) is 0.319. The molecule has 8 nitrogen and oxygen atoms in total. The second-order valence-electron chi connectivity index (χ2n) is 10.0. The predicted molar refractivity (Wildman–Crippen MR) is 145 cm³/mol. The van der Waals surface area contributed by atoms with Gasteiger partial charge in [-0.2, -0.15) is 18.3 Å². The maximum Gasteiger partial charge on any atom is 0.416 e. The Morgan fingerprint density at radius 2 is 1.75 bits per heavy atom. The van der Waals surface area contributed by atoms with Crippen molar-refractivity contribution in [1.82, 2.24) is 24.6 Å². The molecule has 2 aromatic carbocycles. The van der Waals surface area contributed by atoms with Crippen molar-refractivity contribution >= 4 is 28.3 Å². The van der Waals surface area contributed by atoms with Gasteiger partial charge in [0.05, 0.1) is 28.7 Å². The van der Waals surface area contributed by atoms with Crippen LogP contribution in [0.2, 0.25) is 0 Å². The fourth-order valence-electron chi connectivity index (χ4n) is 4.99. The number of hydrogen-bond donors (Lipinski definition) is 2. The minimum absolute atomic E-state index is 0.0474. The molecule has 1 fully saturated rings. The lowest BCUT2D eigenvalue weighted by Crippen LogP contribution is -2.44. The molecule has 0 spiro atoms. The van der Waals surface area contributed by atoms with Crippen LogP contribution in [0.5, 0.6) is 0 Å². The van der Waals surface area contributed by atoms with Crippen LogP contribution in [0.1, 0.15) is 16.8 Å². The third kappa shape index (κ3) is 5.77. The molecule has 2 amide bonds. The number of hydrogen-bond acceptors (Lipinski definition) is 5. The summed E-state index contributed by atoms with van der Waals surface area (Å²) < 4.78 is 58.3. The Balaban J connectivity index is 1.31. The van der Waals surface area contributed by atoms with Gasteiger partial charge in [0.2, 0.25) is 0 Å². The lowest BCUT2D eigenvalue weighted by atomic mass is 10.0. The maximum absolute atomic E-state index is 15.0. The molecule has 0 aliphatic carbocycles. The Bertz CT molecular complexity index is 1560. The number of fused-ring (bicyclic) bond motifs is 1. The standard InChI is InChI=1S/C28H29F4N7O/c1-17-26-21(14-33-15-25(26)38(3)36-17)18-5-7-24(23(29)12-18)35-27(40)34-20-6-4-19(22(13-20)28(30,31)32)16-39-10-8-37(2)9-11-39/h4-7,12-15H,8-11,16H2,1-3H3,(H2,34,35,40). The predicted octanol–water partition coefficient (Wildman–Crippen LogP) is 5.49. The van der Waals surface area contributed by atoms with Crippen LogP contribution in [0.3, 0.4) is 0 Å². The van der Waals surface area contributed by atoms with Crippen LogP contribution in [0.4, 0.5) is 33.7 Å². The number of benzene rings is 2. The number of amides is 2. The summed E-state index contributed by atoms with van der Waals surface area (Å²) in [5, 5.41) is 10.0. The smallest absolute Gasteiger partial charge is 0.308 e. The number of rotatable bonds is 5. The first-order chi connectivity index (χ1) is 19.0. The van der Waals surface area contributed by atoms with Gasteiger partial charge in [-0.25, -0.2) is 9.18 Å². The molecule has 2 N–H and O–H groups in total. The molecule has 0 unspecified atom stereocenters. The summed E-state index contributed by atoms with van der Waals surface area (Å²) in [5.74, 6) is -0.704. The van der Waals surface area contributed by atoms with Gasteiger partial charge < -0.3 is 15.5 Å². The van der Waals surface area contributed by atoms with E-state index in [4.69, 9.17) is 0 Å². The number of halogens is 4. The van der Waals surface area contributed by atoms with E-state index in [1.807, 2.05) is 18.9 Å². The second kappa shape index (κ2) is 10.9. The zero-order valence-corrected chi connectivity index (χ0v) is 22.3. The molecule has 5 rings (SSSR count). The number of piperazine rings is 1. The Hall–Kier alpha value is -4.03. The van der Waals surface area contributed by atoms with Gasteiger partial charge in [0.1, 0.15) is 5.82 Å². The zero-order chi connectivity index (χ0) is 28.6. The van der Waals surface area contributed by atoms with Gasteiger partial charge in [-0.3, -0.25) is 14.6 Å². The molecule has 0 bridgehead atoms. The largest absolute Gasteiger partial charge is 0.416 e. The topological polar surface area (TPSA) is 78.3 Å². The lowest BCUT2D eigenvalue weighted by molar-refractivity contribution is -0.138. The van der Waals surface area contributed by atoms with Gasteiger partial charge in [0.25, 0.3) is 0 Å². The van der Waals surface area contributed by atoms with E-state index in [1.165, 1.54) is 24.3 Å². The van der Waals surface area contributed by atoms with Crippen LogP contribution in [-0.2, 0) is 19.8 Å². The maximum atomic E-state index is 15.0. The highest BCUT2D eigenvalue weighted by Crippen LogP contribution is 2.35. The van der Waals surface area contributed by atoms with E-state index in [9.17, 15) is 18.0 Å². The van der Waals surface area contributed by atoms with Crippen LogP contribution >= 0.6 is 0 Å². The summed E-state index contributed by atoms with van der Waals surface area (Å²) in [5.41, 5.74) is 1.96. The first-order valence-corrected chi connectivity index (χ1v) is 12.8. The molecule has 1 aliphatic heterocycles. The normalized spacial score (nSPS) is 15.0. The van der Waals surface area contributed by atoms with E-state index in [0.717, 1.165) is 35.8 Å². The number of carbonyl (C=O) groups is 1. The first-order valence-electron chi connectivity index (χ1n) is 12.8. The Morgan fingerprint density at radius 1 is 1.00 bits per heavy atom. The number of pyridine rings is 1. The van der Waals surface area contributed by atoms with Crippen LogP contribution in [0, 0.1) is 12.7 Å². The minimum Gasteiger partial charge on any atom is -0.308 e. The van der Waals surface area contributed by atoms with E-state index in [1.54, 1.807) is 30.2 Å². The fourth-order valence-corrected chi connectivity index (χ4v) is 4.99. The van der Waals surface area contributed by atoms with E-state index >= 15 is 4.39 Å². The van der Waals surface area contributed by atoms with Crippen LogP contribution in [0.15, 0.2) is 48.8 Å². The van der Waals surface area contributed by atoms with E-state index in [2.05, 4.69) is 25.6 Å². The number of nitrogens with zero attached hydrogens (tertiary/aromatic N) is 5. The van der Waals surface area contributed by atoms with Crippen molar-refractivity contribution in [3.05, 3.63) is 71.4 Å². The number of carbonyl (C=O) groups excluding carboxylic acids is 1. The van der Waals surface area contributed by atoms with Crippen molar-refractivity contribution in [2.75, 3.05) is 43.9 Å². The highest BCUT2D eigenvalue weighted by Gasteiger charge is 2.34. The van der Waals surface area contributed by atoms with Crippen molar-refractivity contribution in [3.63, 3.8) is 0 Å². The van der Waals surface area contributed by atoms with Gasteiger partial charge in [0.15, 0.2) is 0 Å². The van der Waals surface area contributed by atoms with E-state index in [0.29, 0.717) is 24.2 Å². The molecular formula is C28H29F4N7O. The molecule has 40 heavy (non-hydrogen) atoms. The highest BCUT2D eigenvalue weighted by atomic mass is 19.4. The molecule has 3 heterocycles. The Kier molecular flexibility index (Phi) is 7.47. The number of aryl methyl sites for hydroxylation is 2. The molecule has 2 aromatic heterocycles. The monoisotopic (exact) mass is 555 g/mol.